The molecule has 2 heterocycles. The third kappa shape index (κ3) is 3.57. The van der Waals surface area contributed by atoms with E-state index in [9.17, 15) is 14.4 Å². The second-order valence-electron chi connectivity index (χ2n) is 5.66. The van der Waals surface area contributed by atoms with Crippen molar-refractivity contribution in [3.8, 4) is 0 Å². The van der Waals surface area contributed by atoms with Crippen molar-refractivity contribution in [2.45, 2.75) is 24.9 Å². The molecule has 1 aromatic carbocycles. The van der Waals surface area contributed by atoms with E-state index in [-0.39, 0.29) is 6.07 Å². The highest BCUT2D eigenvalue weighted by Gasteiger charge is 2.40. The molecule has 0 spiro atoms. The van der Waals surface area contributed by atoms with Gasteiger partial charge in [0.15, 0.2) is 0 Å². The van der Waals surface area contributed by atoms with Crippen LogP contribution >= 0.6 is 11.6 Å². The summed E-state index contributed by atoms with van der Waals surface area (Å²) >= 11 is 5.72. The highest BCUT2D eigenvalue weighted by Crippen LogP contribution is 2.41. The van der Waals surface area contributed by atoms with Crippen LogP contribution in [-0.4, -0.2) is 34.8 Å². The number of nitrogens with one attached hydrogen (secondary N) is 1. The van der Waals surface area contributed by atoms with E-state index >= 15 is 0 Å². The van der Waals surface area contributed by atoms with Gasteiger partial charge in [0.05, 0.1) is 18.8 Å². The van der Waals surface area contributed by atoms with Crippen LogP contribution in [0.2, 0.25) is 0 Å². The number of esters is 1. The average molecular weight is 381 g/mol. The molecule has 8 nitrogen and oxygen atoms in total. The lowest BCUT2D eigenvalue weighted by Gasteiger charge is -2.20. The minimum absolute atomic E-state index is 0.0713. The van der Waals surface area contributed by atoms with Gasteiger partial charge in [0, 0.05) is 18.7 Å². The van der Waals surface area contributed by atoms with E-state index in [1.165, 1.54) is 23.9 Å². The van der Waals surface area contributed by atoms with Crippen LogP contribution in [0.5, 0.6) is 0 Å². The molecule has 0 aliphatic carbocycles. The van der Waals surface area contributed by atoms with Crippen LogP contribution in [-0.2, 0) is 14.2 Å². The van der Waals surface area contributed by atoms with Crippen molar-refractivity contribution in [2.75, 3.05) is 13.2 Å². The molecule has 0 radical (unpaired) electrons. The molecule has 0 unspecified atom stereocenters. The van der Waals surface area contributed by atoms with Crippen molar-refractivity contribution in [1.29, 1.82) is 0 Å². The van der Waals surface area contributed by atoms with Crippen LogP contribution in [0, 0.1) is 0 Å². The molecule has 2 aromatic rings. The minimum atomic E-state index is -0.678. The van der Waals surface area contributed by atoms with Gasteiger partial charge in [0.25, 0.3) is 5.56 Å². The van der Waals surface area contributed by atoms with E-state index in [0.29, 0.717) is 17.5 Å². The Morgan fingerprint density at radius 2 is 2.12 bits per heavy atom. The molecule has 3 rings (SSSR count). The molecule has 0 amide bonds. The number of hydrogen-bond donors (Lipinski definition) is 1. The van der Waals surface area contributed by atoms with Crippen molar-refractivity contribution < 1.29 is 19.0 Å². The number of halogens is 1. The Morgan fingerprint density at radius 1 is 1.35 bits per heavy atom. The Hall–Kier alpha value is -2.42. The van der Waals surface area contributed by atoms with Crippen LogP contribution in [0.1, 0.15) is 34.7 Å². The SMILES string of the molecule is COC(=O)c1ccccc1[C@H]1O[C@@H](n2ccc(=O)[nH]c2=O)C[C@@H]1OCCl. The molecule has 0 saturated carbocycles. The number of methoxy groups -OCH3 is 1. The molecule has 1 saturated heterocycles. The normalized spacial score (nSPS) is 22.3. The molecule has 0 bridgehead atoms. The van der Waals surface area contributed by atoms with Crippen molar-refractivity contribution in [3.05, 3.63) is 68.5 Å². The van der Waals surface area contributed by atoms with Crippen LogP contribution in [0.15, 0.2) is 46.1 Å². The number of ether oxygens (including phenoxy) is 3. The summed E-state index contributed by atoms with van der Waals surface area (Å²) in [6.45, 7) is 0. The lowest BCUT2D eigenvalue weighted by Crippen LogP contribution is -2.31. The lowest BCUT2D eigenvalue weighted by atomic mass is 9.98. The van der Waals surface area contributed by atoms with Gasteiger partial charge in [0.2, 0.25) is 0 Å². The number of aromatic amines is 1. The molecule has 138 valence electrons. The third-order valence-electron chi connectivity index (χ3n) is 4.19. The van der Waals surface area contributed by atoms with E-state index in [1.807, 2.05) is 0 Å². The highest BCUT2D eigenvalue weighted by molar-refractivity contribution is 6.17. The summed E-state index contributed by atoms with van der Waals surface area (Å²) < 4.78 is 17.6. The first kappa shape index (κ1) is 18.4. The zero-order valence-corrected chi connectivity index (χ0v) is 14.6. The van der Waals surface area contributed by atoms with Gasteiger partial charge >= 0.3 is 11.7 Å². The van der Waals surface area contributed by atoms with Gasteiger partial charge in [-0.2, -0.15) is 0 Å². The van der Waals surface area contributed by atoms with Gasteiger partial charge < -0.3 is 14.2 Å². The molecular formula is C17H17ClN2O6. The van der Waals surface area contributed by atoms with Crippen LogP contribution in [0.4, 0.5) is 0 Å². The molecule has 1 aliphatic heterocycles. The van der Waals surface area contributed by atoms with Crippen molar-refractivity contribution in [2.24, 2.45) is 0 Å². The van der Waals surface area contributed by atoms with Gasteiger partial charge in [-0.15, -0.1) is 0 Å². The topological polar surface area (TPSA) is 99.6 Å². The second kappa shape index (κ2) is 7.86. The van der Waals surface area contributed by atoms with E-state index in [1.54, 1.807) is 24.3 Å². The Bertz CT molecular complexity index is 908. The van der Waals surface area contributed by atoms with Gasteiger partial charge in [-0.05, 0) is 11.6 Å². The molecule has 9 heteroatoms. The predicted molar refractivity (Wildman–Crippen MR) is 92.2 cm³/mol. The van der Waals surface area contributed by atoms with Crippen LogP contribution in [0.3, 0.4) is 0 Å². The maximum Gasteiger partial charge on any atom is 0.338 e. The summed E-state index contributed by atoms with van der Waals surface area (Å²) in [6, 6.07) is 8.01. The summed E-state index contributed by atoms with van der Waals surface area (Å²) in [6.07, 6.45) is -0.116. The highest BCUT2D eigenvalue weighted by atomic mass is 35.5. The molecule has 1 aliphatic rings. The van der Waals surface area contributed by atoms with E-state index in [2.05, 4.69) is 4.98 Å². The fourth-order valence-electron chi connectivity index (χ4n) is 3.02. The quantitative estimate of drug-likeness (QED) is 0.624. The fraction of sp³-hybridized carbons (Fsp3) is 0.353. The number of benzene rings is 1. The Labute approximate surface area is 153 Å². The zero-order chi connectivity index (χ0) is 18.7. The number of aromatic nitrogens is 2. The number of carbonyl (C=O) groups is 1. The fourth-order valence-corrected chi connectivity index (χ4v) is 3.18. The lowest BCUT2D eigenvalue weighted by molar-refractivity contribution is -0.0340. The van der Waals surface area contributed by atoms with E-state index in [4.69, 9.17) is 25.8 Å². The maximum atomic E-state index is 12.1. The average Bonchev–Trinajstić information content (AvgIpc) is 3.05. The number of carbonyl (C=O) groups excluding carboxylic acids is 1. The molecule has 1 aromatic heterocycles. The molecular weight excluding hydrogens is 364 g/mol. The van der Waals surface area contributed by atoms with Gasteiger partial charge in [0.1, 0.15) is 18.4 Å². The smallest absolute Gasteiger partial charge is 0.338 e. The first-order chi connectivity index (χ1) is 12.5. The van der Waals surface area contributed by atoms with Crippen LogP contribution in [0.25, 0.3) is 0 Å². The van der Waals surface area contributed by atoms with E-state index < -0.39 is 35.7 Å². The van der Waals surface area contributed by atoms with Crippen LogP contribution < -0.4 is 11.2 Å². The van der Waals surface area contributed by atoms with Gasteiger partial charge in [-0.1, -0.05) is 29.8 Å². The molecule has 1 fully saturated rings. The standard InChI is InChI=1S/C17H17ClN2O6/c1-24-16(22)11-5-3-2-4-10(11)15-12(25-9-18)8-14(26-15)20-7-6-13(21)19-17(20)23/h2-7,12,14-15H,8-9H2,1H3,(H,19,21,23)/t12-,14+,15+/m0/s1. The molecule has 26 heavy (non-hydrogen) atoms. The summed E-state index contributed by atoms with van der Waals surface area (Å²) in [4.78, 5) is 37.5. The number of nitrogens with zero attached hydrogens (tertiary/aromatic N) is 1. The van der Waals surface area contributed by atoms with Crippen molar-refractivity contribution >= 4 is 17.6 Å². The molecule has 1 N–H and O–H groups in total. The van der Waals surface area contributed by atoms with Crippen molar-refractivity contribution in [3.63, 3.8) is 0 Å². The Morgan fingerprint density at radius 3 is 2.81 bits per heavy atom. The first-order valence-electron chi connectivity index (χ1n) is 7.87. The number of H-pyrrole nitrogens is 1. The monoisotopic (exact) mass is 380 g/mol. The maximum absolute atomic E-state index is 12.1. The number of rotatable bonds is 5. The summed E-state index contributed by atoms with van der Waals surface area (Å²) in [7, 11) is 1.30. The zero-order valence-electron chi connectivity index (χ0n) is 13.9. The molecule has 3 atom stereocenters. The van der Waals surface area contributed by atoms with Crippen molar-refractivity contribution in [1.82, 2.24) is 9.55 Å². The number of hydrogen-bond acceptors (Lipinski definition) is 6. The minimum Gasteiger partial charge on any atom is -0.465 e. The second-order valence-corrected chi connectivity index (χ2v) is 5.88. The van der Waals surface area contributed by atoms with Gasteiger partial charge in [-0.3, -0.25) is 14.3 Å². The third-order valence-corrected chi connectivity index (χ3v) is 4.31. The summed E-state index contributed by atoms with van der Waals surface area (Å²) in [5, 5.41) is 0. The Balaban J connectivity index is 1.98. The predicted octanol–water partition coefficient (Wildman–Crippen LogP) is 1.56. The largest absolute Gasteiger partial charge is 0.465 e. The van der Waals surface area contributed by atoms with E-state index in [0.717, 1.165) is 0 Å². The summed E-state index contributed by atoms with van der Waals surface area (Å²) in [5.74, 6) is -0.501. The first-order valence-corrected chi connectivity index (χ1v) is 8.40. The van der Waals surface area contributed by atoms with Gasteiger partial charge in [-0.25, -0.2) is 9.59 Å². The summed E-state index contributed by atoms with van der Waals surface area (Å²) in [5.41, 5.74) is -0.161. The Kier molecular flexibility index (Phi) is 5.55. The number of alkyl halides is 1.